The van der Waals surface area contributed by atoms with Crippen LogP contribution in [0.25, 0.3) is 0 Å². The van der Waals surface area contributed by atoms with Crippen LogP contribution in [0.4, 0.5) is 15.8 Å². The third kappa shape index (κ3) is 4.11. The maximum absolute atomic E-state index is 13.6. The van der Waals surface area contributed by atoms with Crippen LogP contribution in [0.2, 0.25) is 0 Å². The Morgan fingerprint density at radius 2 is 2.00 bits per heavy atom. The van der Waals surface area contributed by atoms with Crippen LogP contribution >= 0.6 is 0 Å². The molecule has 0 heterocycles. The number of anilines is 2. The Bertz CT molecular complexity index is 607. The van der Waals surface area contributed by atoms with Gasteiger partial charge in [0.25, 0.3) is 0 Å². The number of rotatable bonds is 4. The summed E-state index contributed by atoms with van der Waals surface area (Å²) < 4.78 is 13.6. The lowest BCUT2D eigenvalue weighted by molar-refractivity contribution is -0.118. The smallest absolute Gasteiger partial charge is 0.227 e. The highest BCUT2D eigenvalue weighted by Crippen LogP contribution is 2.20. The summed E-state index contributed by atoms with van der Waals surface area (Å²) in [7, 11) is 0. The number of halogens is 1. The molecule has 0 saturated heterocycles. The standard InChI is InChI=1S/C14H13FN4O/c1-9(2)14(20)19-13-5-11(3-4-12(13)15)18-8-10(6-16)7-17/h3-5,8-9,18H,1-2H3,(H,19,20). The Morgan fingerprint density at radius 1 is 1.35 bits per heavy atom. The van der Waals surface area contributed by atoms with E-state index in [1.807, 2.05) is 0 Å². The molecule has 0 aromatic heterocycles. The molecule has 0 saturated carbocycles. The summed E-state index contributed by atoms with van der Waals surface area (Å²) in [5.41, 5.74) is 0.383. The van der Waals surface area contributed by atoms with Crippen LogP contribution in [0.5, 0.6) is 0 Å². The molecule has 6 heteroatoms. The summed E-state index contributed by atoms with van der Waals surface area (Å²) >= 11 is 0. The SMILES string of the molecule is CC(C)C(=O)Nc1cc(NC=C(C#N)C#N)ccc1F. The highest BCUT2D eigenvalue weighted by atomic mass is 19.1. The molecular weight excluding hydrogens is 259 g/mol. The number of hydrogen-bond acceptors (Lipinski definition) is 4. The first kappa shape index (κ1) is 15.2. The summed E-state index contributed by atoms with van der Waals surface area (Å²) in [5, 5.41) is 22.3. The third-order valence-corrected chi connectivity index (χ3v) is 2.37. The highest BCUT2D eigenvalue weighted by molar-refractivity contribution is 5.92. The summed E-state index contributed by atoms with van der Waals surface area (Å²) in [5.74, 6) is -1.13. The fourth-order valence-electron chi connectivity index (χ4n) is 1.23. The molecule has 2 N–H and O–H groups in total. The number of allylic oxidation sites excluding steroid dienone is 1. The van der Waals surface area contributed by atoms with Crippen molar-refractivity contribution < 1.29 is 9.18 Å². The molecule has 0 fully saturated rings. The molecule has 0 bridgehead atoms. The summed E-state index contributed by atoms with van der Waals surface area (Å²) in [4.78, 5) is 11.5. The quantitative estimate of drug-likeness (QED) is 0.825. The average molecular weight is 272 g/mol. The maximum Gasteiger partial charge on any atom is 0.227 e. The zero-order valence-corrected chi connectivity index (χ0v) is 11.1. The van der Waals surface area contributed by atoms with Gasteiger partial charge in [0.05, 0.1) is 5.69 Å². The van der Waals surface area contributed by atoms with E-state index in [-0.39, 0.29) is 23.1 Å². The number of nitrogens with zero attached hydrogens (tertiary/aromatic N) is 2. The van der Waals surface area contributed by atoms with Crippen LogP contribution in [-0.4, -0.2) is 5.91 Å². The molecule has 102 valence electrons. The van der Waals surface area contributed by atoms with Gasteiger partial charge < -0.3 is 10.6 Å². The molecule has 20 heavy (non-hydrogen) atoms. The summed E-state index contributed by atoms with van der Waals surface area (Å²) in [6, 6.07) is 7.38. The van der Waals surface area contributed by atoms with Gasteiger partial charge in [-0.25, -0.2) is 4.39 Å². The second kappa shape index (κ2) is 6.91. The van der Waals surface area contributed by atoms with Crippen molar-refractivity contribution in [3.8, 4) is 12.1 Å². The predicted octanol–water partition coefficient (Wildman–Crippen LogP) is 2.76. The van der Waals surface area contributed by atoms with Gasteiger partial charge in [0.1, 0.15) is 23.5 Å². The number of nitrogens with one attached hydrogen (secondary N) is 2. The monoisotopic (exact) mass is 272 g/mol. The summed E-state index contributed by atoms with van der Waals surface area (Å²) in [6.45, 7) is 3.40. The van der Waals surface area contributed by atoms with E-state index in [0.717, 1.165) is 0 Å². The third-order valence-electron chi connectivity index (χ3n) is 2.37. The fraction of sp³-hybridized carbons (Fsp3) is 0.214. The number of nitriles is 2. The zero-order chi connectivity index (χ0) is 15.1. The molecule has 1 aromatic rings. The number of carbonyl (C=O) groups is 1. The number of carbonyl (C=O) groups excluding carboxylic acids is 1. The second-order valence-corrected chi connectivity index (χ2v) is 4.26. The van der Waals surface area contributed by atoms with E-state index in [1.54, 1.807) is 26.0 Å². The predicted molar refractivity (Wildman–Crippen MR) is 72.8 cm³/mol. The van der Waals surface area contributed by atoms with Crippen LogP contribution in [0.3, 0.4) is 0 Å². The Balaban J connectivity index is 2.93. The van der Waals surface area contributed by atoms with Crippen molar-refractivity contribution in [2.45, 2.75) is 13.8 Å². The van der Waals surface area contributed by atoms with Crippen molar-refractivity contribution in [3.63, 3.8) is 0 Å². The van der Waals surface area contributed by atoms with Gasteiger partial charge in [-0.15, -0.1) is 0 Å². The van der Waals surface area contributed by atoms with Crippen molar-refractivity contribution >= 4 is 17.3 Å². The van der Waals surface area contributed by atoms with Crippen molar-refractivity contribution in [2.24, 2.45) is 5.92 Å². The van der Waals surface area contributed by atoms with Crippen molar-refractivity contribution in [2.75, 3.05) is 10.6 Å². The molecule has 1 rings (SSSR count). The molecular formula is C14H13FN4O. The van der Waals surface area contributed by atoms with Crippen LogP contribution in [0.15, 0.2) is 30.0 Å². The lowest BCUT2D eigenvalue weighted by Crippen LogP contribution is -2.18. The number of benzene rings is 1. The molecule has 1 aromatic carbocycles. The van der Waals surface area contributed by atoms with Gasteiger partial charge in [0, 0.05) is 17.8 Å². The second-order valence-electron chi connectivity index (χ2n) is 4.26. The fourth-order valence-corrected chi connectivity index (χ4v) is 1.23. The maximum atomic E-state index is 13.6. The molecule has 1 amide bonds. The largest absolute Gasteiger partial charge is 0.360 e. The van der Waals surface area contributed by atoms with Crippen LogP contribution < -0.4 is 10.6 Å². The van der Waals surface area contributed by atoms with Crippen molar-refractivity contribution in [1.82, 2.24) is 0 Å². The van der Waals surface area contributed by atoms with E-state index in [1.165, 1.54) is 24.4 Å². The highest BCUT2D eigenvalue weighted by Gasteiger charge is 2.10. The molecule has 0 radical (unpaired) electrons. The molecule has 0 aliphatic carbocycles. The lowest BCUT2D eigenvalue weighted by atomic mass is 10.2. The van der Waals surface area contributed by atoms with E-state index in [0.29, 0.717) is 5.69 Å². The lowest BCUT2D eigenvalue weighted by Gasteiger charge is -2.10. The van der Waals surface area contributed by atoms with Crippen LogP contribution in [-0.2, 0) is 4.79 Å². The van der Waals surface area contributed by atoms with Crippen LogP contribution in [0.1, 0.15) is 13.8 Å². The Hall–Kier alpha value is -2.86. The first-order valence-electron chi connectivity index (χ1n) is 5.85. The first-order valence-corrected chi connectivity index (χ1v) is 5.85. The minimum absolute atomic E-state index is 0.0394. The molecule has 0 unspecified atom stereocenters. The van der Waals surface area contributed by atoms with E-state index >= 15 is 0 Å². The first-order chi connectivity index (χ1) is 9.47. The van der Waals surface area contributed by atoms with Gasteiger partial charge in [-0.2, -0.15) is 10.5 Å². The normalized spacial score (nSPS) is 9.30. The summed E-state index contributed by atoms with van der Waals surface area (Å²) in [6.07, 6.45) is 1.21. The molecule has 0 spiro atoms. The topological polar surface area (TPSA) is 88.7 Å². The van der Waals surface area contributed by atoms with Gasteiger partial charge in [-0.05, 0) is 18.2 Å². The van der Waals surface area contributed by atoms with E-state index in [4.69, 9.17) is 10.5 Å². The molecule has 0 atom stereocenters. The van der Waals surface area contributed by atoms with Gasteiger partial charge in [-0.3, -0.25) is 4.79 Å². The average Bonchev–Trinajstić information content (AvgIpc) is 2.43. The van der Waals surface area contributed by atoms with E-state index in [9.17, 15) is 9.18 Å². The van der Waals surface area contributed by atoms with E-state index < -0.39 is 5.82 Å². The minimum atomic E-state index is -0.561. The van der Waals surface area contributed by atoms with Crippen molar-refractivity contribution in [3.05, 3.63) is 35.8 Å². The van der Waals surface area contributed by atoms with Crippen LogP contribution in [0, 0.1) is 34.4 Å². The van der Waals surface area contributed by atoms with Gasteiger partial charge in [0.2, 0.25) is 5.91 Å². The molecule has 0 aliphatic rings. The van der Waals surface area contributed by atoms with Gasteiger partial charge in [0.15, 0.2) is 0 Å². The Morgan fingerprint density at radius 3 is 2.55 bits per heavy atom. The van der Waals surface area contributed by atoms with Crippen molar-refractivity contribution in [1.29, 1.82) is 10.5 Å². The molecule has 5 nitrogen and oxygen atoms in total. The molecule has 0 aliphatic heterocycles. The zero-order valence-electron chi connectivity index (χ0n) is 11.1. The Kier molecular flexibility index (Phi) is 5.25. The minimum Gasteiger partial charge on any atom is -0.360 e. The Labute approximate surface area is 116 Å². The van der Waals surface area contributed by atoms with Gasteiger partial charge >= 0.3 is 0 Å². The number of amides is 1. The number of hydrogen-bond donors (Lipinski definition) is 2. The van der Waals surface area contributed by atoms with E-state index in [2.05, 4.69) is 10.6 Å². The van der Waals surface area contributed by atoms with Gasteiger partial charge in [-0.1, -0.05) is 13.8 Å².